The molecule has 1 aliphatic carbocycles. The fraction of sp³-hybridized carbons (Fsp3) is 0.692. The molecule has 1 aromatic heterocycles. The summed E-state index contributed by atoms with van der Waals surface area (Å²) in [7, 11) is 0. The molecule has 2 fully saturated rings. The molecule has 18 heavy (non-hydrogen) atoms. The molecular weight excluding hydrogens is 230 g/mol. The minimum atomic E-state index is 0.0524. The van der Waals surface area contributed by atoms with E-state index in [0.29, 0.717) is 24.6 Å². The molecule has 5 heteroatoms. The van der Waals surface area contributed by atoms with Crippen molar-refractivity contribution < 1.29 is 9.53 Å². The van der Waals surface area contributed by atoms with Crippen LogP contribution in [0.2, 0.25) is 0 Å². The van der Waals surface area contributed by atoms with Crippen LogP contribution >= 0.6 is 0 Å². The van der Waals surface area contributed by atoms with Crippen molar-refractivity contribution in [2.75, 3.05) is 6.61 Å². The normalized spacial score (nSPS) is 29.8. The number of carbonyl (C=O) groups excluding carboxylic acids is 1. The molecule has 98 valence electrons. The smallest absolute Gasteiger partial charge is 0.241 e. The maximum Gasteiger partial charge on any atom is 0.241 e. The predicted octanol–water partition coefficient (Wildman–Crippen LogP) is 0.794. The summed E-state index contributed by atoms with van der Waals surface area (Å²) in [6.45, 7) is 5.07. The zero-order valence-corrected chi connectivity index (χ0v) is 10.8. The van der Waals surface area contributed by atoms with Crippen LogP contribution in [0.3, 0.4) is 0 Å². The molecular formula is C13H19N3O2. The van der Waals surface area contributed by atoms with Gasteiger partial charge in [-0.3, -0.25) is 9.48 Å². The highest BCUT2D eigenvalue weighted by Crippen LogP contribution is 2.38. The van der Waals surface area contributed by atoms with E-state index in [2.05, 4.69) is 10.4 Å². The average molecular weight is 249 g/mol. The second-order valence-corrected chi connectivity index (χ2v) is 5.36. The zero-order chi connectivity index (χ0) is 12.7. The molecule has 5 nitrogen and oxygen atoms in total. The number of hydrogen-bond acceptors (Lipinski definition) is 3. The molecule has 1 amide bonds. The van der Waals surface area contributed by atoms with Crippen LogP contribution in [-0.2, 0) is 16.1 Å². The lowest BCUT2D eigenvalue weighted by Crippen LogP contribution is -2.54. The van der Waals surface area contributed by atoms with Gasteiger partial charge in [0.05, 0.1) is 11.8 Å². The fourth-order valence-corrected chi connectivity index (χ4v) is 2.99. The zero-order valence-electron chi connectivity index (χ0n) is 10.8. The fourth-order valence-electron chi connectivity index (χ4n) is 2.99. The van der Waals surface area contributed by atoms with Gasteiger partial charge in [0.15, 0.2) is 0 Å². The first-order chi connectivity index (χ1) is 8.63. The average Bonchev–Trinajstić information content (AvgIpc) is 2.79. The van der Waals surface area contributed by atoms with Gasteiger partial charge in [0.1, 0.15) is 6.54 Å². The number of rotatable bonds is 3. The number of amides is 1. The highest BCUT2D eigenvalue weighted by Gasteiger charge is 2.45. The Morgan fingerprint density at radius 3 is 3.11 bits per heavy atom. The summed E-state index contributed by atoms with van der Waals surface area (Å²) >= 11 is 0. The second kappa shape index (κ2) is 4.39. The van der Waals surface area contributed by atoms with Crippen LogP contribution in [0, 0.1) is 19.8 Å². The minimum absolute atomic E-state index is 0.0524. The van der Waals surface area contributed by atoms with Crippen LogP contribution in [0.5, 0.6) is 0 Å². The van der Waals surface area contributed by atoms with Gasteiger partial charge in [0.2, 0.25) is 5.91 Å². The monoisotopic (exact) mass is 249 g/mol. The summed E-state index contributed by atoms with van der Waals surface area (Å²) in [6, 6.07) is 2.29. The lowest BCUT2D eigenvalue weighted by atomic mass is 9.76. The highest BCUT2D eigenvalue weighted by atomic mass is 16.5. The molecule has 2 heterocycles. The summed E-state index contributed by atoms with van der Waals surface area (Å²) in [4.78, 5) is 12.0. The summed E-state index contributed by atoms with van der Waals surface area (Å²) in [5.41, 5.74) is 1.98. The summed E-state index contributed by atoms with van der Waals surface area (Å²) in [6.07, 6.45) is 2.44. The van der Waals surface area contributed by atoms with Crippen molar-refractivity contribution in [3.05, 3.63) is 17.5 Å². The molecule has 1 N–H and O–H groups in total. The van der Waals surface area contributed by atoms with E-state index in [0.717, 1.165) is 30.8 Å². The number of nitrogens with zero attached hydrogens (tertiary/aromatic N) is 2. The molecule has 3 atom stereocenters. The lowest BCUT2D eigenvalue weighted by molar-refractivity contribution is -0.124. The number of nitrogens with one attached hydrogen (secondary N) is 1. The van der Waals surface area contributed by atoms with Crippen LogP contribution in [0.1, 0.15) is 24.2 Å². The highest BCUT2D eigenvalue weighted by molar-refractivity contribution is 5.76. The van der Waals surface area contributed by atoms with Gasteiger partial charge in [-0.25, -0.2) is 0 Å². The van der Waals surface area contributed by atoms with Gasteiger partial charge in [0, 0.05) is 24.3 Å². The maximum atomic E-state index is 12.0. The number of hydrogen-bond donors (Lipinski definition) is 1. The van der Waals surface area contributed by atoms with Crippen LogP contribution in [-0.4, -0.2) is 34.4 Å². The number of fused-ring (bicyclic) bond motifs is 1. The van der Waals surface area contributed by atoms with Crippen LogP contribution < -0.4 is 5.32 Å². The molecule has 1 saturated heterocycles. The van der Waals surface area contributed by atoms with Crippen molar-refractivity contribution in [2.45, 2.75) is 45.4 Å². The SMILES string of the molecule is Cc1cc(C)n(CC(=O)N[C@@H]2C[C@H]3OCC[C@@H]23)n1. The first kappa shape index (κ1) is 11.7. The van der Waals surface area contributed by atoms with Crippen molar-refractivity contribution in [2.24, 2.45) is 5.92 Å². The van der Waals surface area contributed by atoms with E-state index < -0.39 is 0 Å². The Morgan fingerprint density at radius 1 is 1.61 bits per heavy atom. The van der Waals surface area contributed by atoms with E-state index in [1.807, 2.05) is 19.9 Å². The van der Waals surface area contributed by atoms with Crippen LogP contribution in [0.15, 0.2) is 6.07 Å². The molecule has 0 spiro atoms. The van der Waals surface area contributed by atoms with E-state index in [-0.39, 0.29) is 5.91 Å². The van der Waals surface area contributed by atoms with E-state index >= 15 is 0 Å². The first-order valence-electron chi connectivity index (χ1n) is 6.55. The van der Waals surface area contributed by atoms with E-state index in [4.69, 9.17) is 4.74 Å². The van der Waals surface area contributed by atoms with E-state index in [1.54, 1.807) is 4.68 Å². The van der Waals surface area contributed by atoms with Gasteiger partial charge in [-0.15, -0.1) is 0 Å². The Balaban J connectivity index is 1.55. The summed E-state index contributed by atoms with van der Waals surface area (Å²) < 4.78 is 7.29. The Bertz CT molecular complexity index is 469. The number of carbonyl (C=O) groups is 1. The third kappa shape index (κ3) is 2.03. The van der Waals surface area contributed by atoms with E-state index in [1.165, 1.54) is 0 Å². The van der Waals surface area contributed by atoms with Crippen molar-refractivity contribution in [1.82, 2.24) is 15.1 Å². The van der Waals surface area contributed by atoms with Gasteiger partial charge in [-0.1, -0.05) is 0 Å². The summed E-state index contributed by atoms with van der Waals surface area (Å²) in [5, 5.41) is 7.39. The third-order valence-corrected chi connectivity index (χ3v) is 4.01. The molecule has 0 radical (unpaired) electrons. The predicted molar refractivity (Wildman–Crippen MR) is 66.1 cm³/mol. The number of aromatic nitrogens is 2. The Hall–Kier alpha value is -1.36. The quantitative estimate of drug-likeness (QED) is 0.862. The standard InChI is InChI=1S/C13H19N3O2/c1-8-5-9(2)16(15-8)7-13(17)14-11-6-12-10(11)3-4-18-12/h5,10-12H,3-4,6-7H2,1-2H3,(H,14,17)/t10-,11+,12+/m0/s1. The first-order valence-corrected chi connectivity index (χ1v) is 6.55. The topological polar surface area (TPSA) is 56.2 Å². The molecule has 2 aliphatic rings. The Morgan fingerprint density at radius 2 is 2.44 bits per heavy atom. The third-order valence-electron chi connectivity index (χ3n) is 4.01. The molecule has 0 bridgehead atoms. The van der Waals surface area contributed by atoms with Crippen LogP contribution in [0.25, 0.3) is 0 Å². The molecule has 1 saturated carbocycles. The number of ether oxygens (including phenoxy) is 1. The lowest BCUT2D eigenvalue weighted by Gasteiger charge is -2.39. The Kier molecular flexibility index (Phi) is 2.86. The van der Waals surface area contributed by atoms with Gasteiger partial charge < -0.3 is 10.1 Å². The molecule has 0 aromatic carbocycles. The molecule has 0 unspecified atom stereocenters. The largest absolute Gasteiger partial charge is 0.378 e. The van der Waals surface area contributed by atoms with Crippen molar-refractivity contribution >= 4 is 5.91 Å². The molecule has 1 aromatic rings. The van der Waals surface area contributed by atoms with Gasteiger partial charge in [-0.05, 0) is 32.8 Å². The Labute approximate surface area is 107 Å². The second-order valence-electron chi connectivity index (χ2n) is 5.36. The van der Waals surface area contributed by atoms with Crippen molar-refractivity contribution in [1.29, 1.82) is 0 Å². The van der Waals surface area contributed by atoms with Gasteiger partial charge in [0.25, 0.3) is 0 Å². The van der Waals surface area contributed by atoms with Crippen molar-refractivity contribution in [3.8, 4) is 0 Å². The summed E-state index contributed by atoms with van der Waals surface area (Å²) in [5.74, 6) is 0.589. The van der Waals surface area contributed by atoms with Crippen molar-refractivity contribution in [3.63, 3.8) is 0 Å². The molecule has 1 aliphatic heterocycles. The van der Waals surface area contributed by atoms with Gasteiger partial charge >= 0.3 is 0 Å². The molecule has 3 rings (SSSR count). The number of aryl methyl sites for hydroxylation is 2. The van der Waals surface area contributed by atoms with Gasteiger partial charge in [-0.2, -0.15) is 5.10 Å². The minimum Gasteiger partial charge on any atom is -0.378 e. The van der Waals surface area contributed by atoms with E-state index in [9.17, 15) is 4.79 Å². The maximum absolute atomic E-state index is 12.0. The van der Waals surface area contributed by atoms with Crippen LogP contribution in [0.4, 0.5) is 0 Å².